The van der Waals surface area contributed by atoms with Gasteiger partial charge in [0.1, 0.15) is 5.75 Å². The van der Waals surface area contributed by atoms with Crippen LogP contribution in [0, 0.1) is 6.92 Å². The molecule has 4 aromatic rings. The summed E-state index contributed by atoms with van der Waals surface area (Å²) in [6.45, 7) is 7.36. The Morgan fingerprint density at radius 2 is 1.74 bits per heavy atom. The van der Waals surface area contributed by atoms with E-state index in [-0.39, 0.29) is 33.7 Å². The van der Waals surface area contributed by atoms with Gasteiger partial charge in [0.2, 0.25) is 5.91 Å². The number of amides is 2. The highest BCUT2D eigenvalue weighted by Crippen LogP contribution is 2.41. The summed E-state index contributed by atoms with van der Waals surface area (Å²) in [5.41, 5.74) is 1.09. The summed E-state index contributed by atoms with van der Waals surface area (Å²) in [6.07, 6.45) is -2.97. The second kappa shape index (κ2) is 14.9. The molecule has 1 aliphatic heterocycles. The summed E-state index contributed by atoms with van der Waals surface area (Å²) >= 11 is 1.000. The molecule has 0 saturated carbocycles. The number of piperazine rings is 1. The predicted molar refractivity (Wildman–Crippen MR) is 178 cm³/mol. The van der Waals surface area contributed by atoms with Gasteiger partial charge in [0.05, 0.1) is 28.3 Å². The zero-order chi connectivity index (χ0) is 36.2. The minimum absolute atomic E-state index is 0.0164. The molecule has 5 rings (SSSR count). The number of halogens is 3. The Kier molecular flexibility index (Phi) is 10.9. The highest BCUT2D eigenvalue weighted by molar-refractivity contribution is 7.90. The van der Waals surface area contributed by atoms with Crippen molar-refractivity contribution in [3.63, 3.8) is 0 Å². The third-order valence-corrected chi connectivity index (χ3v) is 9.70. The van der Waals surface area contributed by atoms with Gasteiger partial charge in [-0.15, -0.1) is 11.3 Å². The molecule has 0 radical (unpaired) electrons. The van der Waals surface area contributed by atoms with Crippen molar-refractivity contribution in [3.05, 3.63) is 76.9 Å². The Labute approximate surface area is 289 Å². The number of carbonyl (C=O) groups excluding carboxylic acids is 3. The normalized spacial score (nSPS) is 13.9. The zero-order valence-corrected chi connectivity index (χ0v) is 28.7. The highest BCUT2D eigenvalue weighted by atomic mass is 32.2. The molecular formula is C33H32F3N5O7S2. The molecule has 1 fully saturated rings. The third-order valence-electron chi connectivity index (χ3n) is 7.77. The Balaban J connectivity index is 1.50. The van der Waals surface area contributed by atoms with Gasteiger partial charge >= 0.3 is 12.1 Å². The largest absolute Gasteiger partial charge is 0.491 e. The molecule has 1 N–H and O–H groups in total. The van der Waals surface area contributed by atoms with E-state index >= 15 is 0 Å². The van der Waals surface area contributed by atoms with Crippen LogP contribution in [0.4, 0.5) is 18.3 Å². The van der Waals surface area contributed by atoms with Crippen LogP contribution in [0.25, 0.3) is 11.3 Å². The lowest BCUT2D eigenvalue weighted by Crippen LogP contribution is -2.48. The number of nitrogens with one attached hydrogen (secondary N) is 1. The first-order valence-corrected chi connectivity index (χ1v) is 18.0. The molecular weight excluding hydrogens is 700 g/mol. The van der Waals surface area contributed by atoms with Crippen molar-refractivity contribution < 1.29 is 45.4 Å². The summed E-state index contributed by atoms with van der Waals surface area (Å²) in [5.74, 6) is -5.09. The summed E-state index contributed by atoms with van der Waals surface area (Å²) in [7, 11) is -3.58. The van der Waals surface area contributed by atoms with Crippen molar-refractivity contribution in [1.82, 2.24) is 19.8 Å². The molecule has 2 amide bonds. The van der Waals surface area contributed by atoms with E-state index in [4.69, 9.17) is 9.47 Å². The number of likely N-dealkylation sites (N-methyl/N-ethyl adjacent to an activating group) is 1. The SMILES string of the molecule is CCN1CCN(C(=O)Cc2csc(NC(=O)c3cc(-c4ncccc4C)cc(Oc4ccc(S(C)(=O)=O)cc4)c3OC(=O)C(F)(F)F)n2)CC1. The van der Waals surface area contributed by atoms with Crippen molar-refractivity contribution >= 4 is 44.1 Å². The van der Waals surface area contributed by atoms with Crippen LogP contribution in [0.5, 0.6) is 17.2 Å². The highest BCUT2D eigenvalue weighted by Gasteiger charge is 2.43. The molecule has 0 spiro atoms. The quantitative estimate of drug-likeness (QED) is 0.172. The Morgan fingerprint density at radius 1 is 1.04 bits per heavy atom. The molecule has 0 bridgehead atoms. The molecule has 50 heavy (non-hydrogen) atoms. The molecule has 0 unspecified atom stereocenters. The fourth-order valence-electron chi connectivity index (χ4n) is 5.10. The first kappa shape index (κ1) is 36.4. The van der Waals surface area contributed by atoms with Gasteiger partial charge in [-0.25, -0.2) is 18.2 Å². The van der Waals surface area contributed by atoms with Crippen LogP contribution in [-0.4, -0.2) is 91.1 Å². The first-order valence-electron chi connectivity index (χ1n) is 15.2. The van der Waals surface area contributed by atoms with E-state index < -0.39 is 45.0 Å². The van der Waals surface area contributed by atoms with Crippen molar-refractivity contribution in [2.24, 2.45) is 0 Å². The van der Waals surface area contributed by atoms with Gasteiger partial charge < -0.3 is 19.3 Å². The average Bonchev–Trinajstić information content (AvgIpc) is 3.51. The van der Waals surface area contributed by atoms with Gasteiger partial charge in [-0.1, -0.05) is 13.0 Å². The van der Waals surface area contributed by atoms with E-state index in [0.717, 1.165) is 37.2 Å². The van der Waals surface area contributed by atoms with Crippen LogP contribution in [0.1, 0.15) is 28.5 Å². The summed E-state index contributed by atoms with van der Waals surface area (Å²) in [6, 6.07) is 10.8. The summed E-state index contributed by atoms with van der Waals surface area (Å²) < 4.78 is 74.9. The molecule has 2 aromatic carbocycles. The first-order chi connectivity index (χ1) is 23.6. The van der Waals surface area contributed by atoms with Gasteiger partial charge in [-0.2, -0.15) is 13.2 Å². The summed E-state index contributed by atoms with van der Waals surface area (Å²) in [4.78, 5) is 51.4. The third kappa shape index (κ3) is 8.83. The molecule has 1 saturated heterocycles. The Morgan fingerprint density at radius 3 is 2.36 bits per heavy atom. The molecule has 1 aliphatic rings. The van der Waals surface area contributed by atoms with Crippen molar-refractivity contribution in [3.8, 4) is 28.5 Å². The van der Waals surface area contributed by atoms with Crippen molar-refractivity contribution in [1.29, 1.82) is 0 Å². The van der Waals surface area contributed by atoms with Crippen LogP contribution in [0.2, 0.25) is 0 Å². The topological polar surface area (TPSA) is 148 Å². The lowest BCUT2D eigenvalue weighted by molar-refractivity contribution is -0.189. The Hall–Kier alpha value is -4.87. The van der Waals surface area contributed by atoms with E-state index in [0.29, 0.717) is 30.0 Å². The number of anilines is 1. The molecule has 3 heterocycles. The number of aromatic nitrogens is 2. The minimum Gasteiger partial charge on any atom is -0.453 e. The maximum atomic E-state index is 13.8. The van der Waals surface area contributed by atoms with Crippen LogP contribution >= 0.6 is 11.3 Å². The van der Waals surface area contributed by atoms with Gasteiger partial charge in [0.25, 0.3) is 5.91 Å². The van der Waals surface area contributed by atoms with Gasteiger partial charge in [-0.3, -0.25) is 19.9 Å². The number of hydrogen-bond donors (Lipinski definition) is 1. The number of hydrogen-bond acceptors (Lipinski definition) is 11. The van der Waals surface area contributed by atoms with Crippen molar-refractivity contribution in [2.75, 3.05) is 44.3 Å². The van der Waals surface area contributed by atoms with Crippen LogP contribution in [0.15, 0.2) is 65.0 Å². The fourth-order valence-corrected chi connectivity index (χ4v) is 6.44. The number of aryl methyl sites for hydroxylation is 1. The average molecular weight is 732 g/mol. The van der Waals surface area contributed by atoms with Crippen LogP contribution in [0.3, 0.4) is 0 Å². The van der Waals surface area contributed by atoms with Gasteiger partial charge in [0.15, 0.2) is 26.5 Å². The smallest absolute Gasteiger partial charge is 0.453 e. The van der Waals surface area contributed by atoms with Crippen LogP contribution in [-0.2, 0) is 25.8 Å². The molecule has 2 aromatic heterocycles. The predicted octanol–water partition coefficient (Wildman–Crippen LogP) is 5.14. The second-order valence-electron chi connectivity index (χ2n) is 11.3. The maximum absolute atomic E-state index is 13.8. The zero-order valence-electron chi connectivity index (χ0n) is 27.1. The molecule has 264 valence electrons. The summed E-state index contributed by atoms with van der Waals surface area (Å²) in [5, 5.41) is 4.16. The molecule has 0 atom stereocenters. The number of nitrogens with zero attached hydrogens (tertiary/aromatic N) is 4. The number of alkyl halides is 3. The number of carbonyl (C=O) groups is 3. The minimum atomic E-state index is -5.43. The number of ether oxygens (including phenoxy) is 2. The van der Waals surface area contributed by atoms with Crippen LogP contribution < -0.4 is 14.8 Å². The monoisotopic (exact) mass is 731 g/mol. The number of thiazole rings is 1. The fraction of sp³-hybridized carbons (Fsp3) is 0.303. The van der Waals surface area contributed by atoms with E-state index in [2.05, 4.69) is 27.1 Å². The molecule has 0 aliphatic carbocycles. The Bertz CT molecular complexity index is 2010. The van der Waals surface area contributed by atoms with E-state index in [1.54, 1.807) is 29.3 Å². The maximum Gasteiger partial charge on any atom is 0.491 e. The number of rotatable bonds is 10. The van der Waals surface area contributed by atoms with Crippen molar-refractivity contribution in [2.45, 2.75) is 31.3 Å². The van der Waals surface area contributed by atoms with E-state index in [9.17, 15) is 36.0 Å². The van der Waals surface area contributed by atoms with E-state index in [1.807, 2.05) is 0 Å². The molecule has 12 nitrogen and oxygen atoms in total. The number of sulfone groups is 1. The standard InChI is InChI=1S/C33H32F3N5O7S2/c1-4-40-12-14-41(15-13-40)27(42)18-22-19-49-32(38-22)39-30(43)25-16-21(28-20(2)6-5-11-37-28)17-26(29(25)48-31(44)33(34,35)36)47-23-7-9-24(10-8-23)50(3,45)46/h5-11,16-17,19H,4,12-15,18H2,1-3H3,(H,38,39,43). The van der Waals surface area contributed by atoms with E-state index in [1.165, 1.54) is 42.6 Å². The van der Waals surface area contributed by atoms with Gasteiger partial charge in [0, 0.05) is 49.6 Å². The lowest BCUT2D eigenvalue weighted by atomic mass is 10.0. The lowest BCUT2D eigenvalue weighted by Gasteiger charge is -2.34. The molecule has 17 heteroatoms. The second-order valence-corrected chi connectivity index (χ2v) is 14.2. The number of pyridine rings is 1. The number of esters is 1. The van der Waals surface area contributed by atoms with Gasteiger partial charge in [-0.05, 0) is 61.5 Å². The number of benzene rings is 2.